The van der Waals surface area contributed by atoms with Gasteiger partial charge in [0.1, 0.15) is 11.8 Å². The van der Waals surface area contributed by atoms with Crippen LogP contribution in [-0.2, 0) is 0 Å². The first-order valence-corrected chi connectivity index (χ1v) is 1.75. The Bertz CT molecular complexity index is 167. The maximum Gasteiger partial charge on any atom is 0.254 e. The lowest BCUT2D eigenvalue weighted by atomic mass is 10.5. The van der Waals surface area contributed by atoms with Gasteiger partial charge in [-0.25, -0.2) is 0 Å². The Morgan fingerprint density at radius 3 is 2.25 bits per heavy atom. The van der Waals surface area contributed by atoms with Crippen LogP contribution in [-0.4, -0.2) is 0 Å². The monoisotopic (exact) mass is 108 g/mol. The molecule has 0 amide bonds. The van der Waals surface area contributed by atoms with Crippen LogP contribution in [0.3, 0.4) is 0 Å². The summed E-state index contributed by atoms with van der Waals surface area (Å²) in [5, 5.41) is 7.98. The number of rotatable bonds is 0. The SMILES string of the molecule is [C-]#[N+]/C(N)=C(/N)C#N. The van der Waals surface area contributed by atoms with Crippen molar-refractivity contribution < 1.29 is 0 Å². The van der Waals surface area contributed by atoms with E-state index in [1.54, 1.807) is 0 Å². The highest BCUT2D eigenvalue weighted by Gasteiger charge is 1.89. The van der Waals surface area contributed by atoms with Crippen LogP contribution in [0.1, 0.15) is 0 Å². The highest BCUT2D eigenvalue weighted by Crippen LogP contribution is 1.87. The molecule has 0 saturated carbocycles. The molecule has 0 rings (SSSR count). The summed E-state index contributed by atoms with van der Waals surface area (Å²) in [6.45, 7) is 6.25. The zero-order chi connectivity index (χ0) is 6.57. The molecule has 4 nitrogen and oxygen atoms in total. The standard InChI is InChI=1S/C4H4N4/c1-8-4(7)3(6)2-5/h6-7H2/b4-3+. The molecule has 8 heavy (non-hydrogen) atoms. The second-order valence-corrected chi connectivity index (χ2v) is 1.02. The summed E-state index contributed by atoms with van der Waals surface area (Å²) in [7, 11) is 0. The van der Waals surface area contributed by atoms with Crippen LogP contribution in [0.4, 0.5) is 0 Å². The lowest BCUT2D eigenvalue weighted by Crippen LogP contribution is -2.03. The highest BCUT2D eigenvalue weighted by molar-refractivity contribution is 5.25. The van der Waals surface area contributed by atoms with E-state index in [2.05, 4.69) is 4.85 Å². The van der Waals surface area contributed by atoms with Gasteiger partial charge in [0.05, 0.1) is 0 Å². The molecule has 0 fully saturated rings. The highest BCUT2D eigenvalue weighted by atomic mass is 14.9. The summed E-state index contributed by atoms with van der Waals surface area (Å²) in [6, 6.07) is 1.53. The maximum atomic E-state index is 7.98. The number of nitriles is 1. The Morgan fingerprint density at radius 2 is 2.12 bits per heavy atom. The third-order valence-corrected chi connectivity index (χ3v) is 0.517. The van der Waals surface area contributed by atoms with E-state index in [1.807, 2.05) is 0 Å². The molecule has 0 aliphatic carbocycles. The van der Waals surface area contributed by atoms with Gasteiger partial charge >= 0.3 is 0 Å². The molecule has 40 valence electrons. The van der Waals surface area contributed by atoms with Gasteiger partial charge in [-0.2, -0.15) is 5.26 Å². The minimum absolute atomic E-state index is 0.222. The van der Waals surface area contributed by atoms with Crippen molar-refractivity contribution >= 4 is 0 Å². The van der Waals surface area contributed by atoms with E-state index >= 15 is 0 Å². The molecule has 0 aliphatic heterocycles. The Kier molecular flexibility index (Phi) is 1.96. The van der Waals surface area contributed by atoms with Crippen molar-refractivity contribution in [1.82, 2.24) is 0 Å². The summed E-state index contributed by atoms with van der Waals surface area (Å²) in [5.41, 5.74) is 9.59. The molecule has 0 aromatic carbocycles. The van der Waals surface area contributed by atoms with Gasteiger partial charge in [0.15, 0.2) is 0 Å². The summed E-state index contributed by atoms with van der Waals surface area (Å²) in [5.74, 6) is -0.243. The lowest BCUT2D eigenvalue weighted by Gasteiger charge is -1.85. The zero-order valence-electron chi connectivity index (χ0n) is 4.05. The van der Waals surface area contributed by atoms with Crippen molar-refractivity contribution in [3.05, 3.63) is 22.9 Å². The smallest absolute Gasteiger partial charge is 0.254 e. The van der Waals surface area contributed by atoms with Crippen LogP contribution < -0.4 is 11.5 Å². The quantitative estimate of drug-likeness (QED) is 0.324. The Hall–Kier alpha value is -1.68. The second kappa shape index (κ2) is 2.49. The molecule has 0 aliphatic rings. The van der Waals surface area contributed by atoms with E-state index in [1.165, 1.54) is 6.07 Å². The van der Waals surface area contributed by atoms with E-state index in [9.17, 15) is 0 Å². The molecule has 0 bridgehead atoms. The molecule has 0 aromatic heterocycles. The predicted molar refractivity (Wildman–Crippen MR) is 27.6 cm³/mol. The minimum Gasteiger partial charge on any atom is -0.398 e. The van der Waals surface area contributed by atoms with E-state index in [0.29, 0.717) is 0 Å². The van der Waals surface area contributed by atoms with Crippen LogP contribution in [0.2, 0.25) is 0 Å². The summed E-state index contributed by atoms with van der Waals surface area (Å²) in [4.78, 5) is 2.72. The van der Waals surface area contributed by atoms with Gasteiger partial charge in [0, 0.05) is 0 Å². The van der Waals surface area contributed by atoms with Crippen LogP contribution >= 0.6 is 0 Å². The van der Waals surface area contributed by atoms with Crippen molar-refractivity contribution in [2.45, 2.75) is 0 Å². The number of allylic oxidation sites excluding steroid dienone is 1. The molecular formula is C4H4N4. The van der Waals surface area contributed by atoms with E-state index < -0.39 is 0 Å². The molecular weight excluding hydrogens is 104 g/mol. The van der Waals surface area contributed by atoms with E-state index in [-0.39, 0.29) is 11.5 Å². The normalized spacial score (nSPS) is 10.8. The number of nitrogens with zero attached hydrogens (tertiary/aromatic N) is 2. The van der Waals surface area contributed by atoms with Crippen molar-refractivity contribution in [1.29, 1.82) is 5.26 Å². The Balaban J connectivity index is 4.41. The average Bonchev–Trinajstić information content (AvgIpc) is 1.84. The first-order valence-electron chi connectivity index (χ1n) is 1.75. The van der Waals surface area contributed by atoms with Gasteiger partial charge in [-0.15, -0.1) is 0 Å². The molecule has 0 radical (unpaired) electrons. The van der Waals surface area contributed by atoms with Gasteiger partial charge in [-0.05, 0) is 0 Å². The molecule has 4 heteroatoms. The van der Waals surface area contributed by atoms with Gasteiger partial charge in [-0.3, -0.25) is 0 Å². The minimum atomic E-state index is -0.243. The average molecular weight is 108 g/mol. The van der Waals surface area contributed by atoms with Gasteiger partial charge in [-0.1, -0.05) is 6.57 Å². The van der Waals surface area contributed by atoms with E-state index in [0.717, 1.165) is 0 Å². The number of hydrogen-bond acceptors (Lipinski definition) is 3. The third-order valence-electron chi connectivity index (χ3n) is 0.517. The first-order chi connectivity index (χ1) is 3.72. The summed E-state index contributed by atoms with van der Waals surface area (Å²) < 4.78 is 0. The predicted octanol–water partition coefficient (Wildman–Crippen LogP) is -0.484. The Morgan fingerprint density at radius 1 is 1.62 bits per heavy atom. The van der Waals surface area contributed by atoms with Gasteiger partial charge in [0.2, 0.25) is 0 Å². The van der Waals surface area contributed by atoms with Crippen LogP contribution in [0.5, 0.6) is 0 Å². The third kappa shape index (κ3) is 1.19. The van der Waals surface area contributed by atoms with Crippen LogP contribution in [0, 0.1) is 17.9 Å². The van der Waals surface area contributed by atoms with E-state index in [4.69, 9.17) is 23.3 Å². The molecule has 0 aromatic rings. The maximum absolute atomic E-state index is 7.98. The topological polar surface area (TPSA) is 80.2 Å². The summed E-state index contributed by atoms with van der Waals surface area (Å²) >= 11 is 0. The molecule has 4 N–H and O–H groups in total. The number of nitrogens with two attached hydrogens (primary N) is 2. The van der Waals surface area contributed by atoms with Gasteiger partial charge in [0.25, 0.3) is 5.82 Å². The van der Waals surface area contributed by atoms with Crippen molar-refractivity contribution in [3.63, 3.8) is 0 Å². The molecule has 0 spiro atoms. The Labute approximate surface area is 46.8 Å². The summed E-state index contributed by atoms with van der Waals surface area (Å²) in [6.07, 6.45) is 0. The van der Waals surface area contributed by atoms with Crippen molar-refractivity contribution in [2.75, 3.05) is 0 Å². The van der Waals surface area contributed by atoms with Crippen molar-refractivity contribution in [2.24, 2.45) is 11.5 Å². The number of hydrogen-bond donors (Lipinski definition) is 2. The van der Waals surface area contributed by atoms with Crippen LogP contribution in [0.15, 0.2) is 11.5 Å². The fraction of sp³-hybridized carbons (Fsp3) is 0. The largest absolute Gasteiger partial charge is 0.398 e. The molecule has 0 atom stereocenters. The second-order valence-electron chi connectivity index (χ2n) is 1.02. The molecule has 0 saturated heterocycles. The molecule has 0 heterocycles. The van der Waals surface area contributed by atoms with Crippen LogP contribution in [0.25, 0.3) is 4.85 Å². The first kappa shape index (κ1) is 6.32. The zero-order valence-corrected chi connectivity index (χ0v) is 4.05. The lowest BCUT2D eigenvalue weighted by molar-refractivity contribution is 1.27. The fourth-order valence-corrected chi connectivity index (χ4v) is 0.118. The fourth-order valence-electron chi connectivity index (χ4n) is 0.118. The molecule has 0 unspecified atom stereocenters. The van der Waals surface area contributed by atoms with Gasteiger partial charge < -0.3 is 16.3 Å². The van der Waals surface area contributed by atoms with Crippen molar-refractivity contribution in [3.8, 4) is 6.07 Å².